The third-order valence-corrected chi connectivity index (χ3v) is 5.06. The molecule has 1 saturated carbocycles. The molecular formula is C21H42. The molecule has 1 aliphatic rings. The van der Waals surface area contributed by atoms with Crippen LogP contribution in [0.25, 0.3) is 0 Å². The Labute approximate surface area is 136 Å². The Morgan fingerprint density at radius 3 is 1.81 bits per heavy atom. The third kappa shape index (κ3) is 11.2. The van der Waals surface area contributed by atoms with E-state index in [9.17, 15) is 0 Å². The molecule has 2 atom stereocenters. The minimum Gasteiger partial charge on any atom is -0.0654 e. The molecule has 0 saturated heterocycles. The summed E-state index contributed by atoms with van der Waals surface area (Å²) in [5, 5.41) is 0. The van der Waals surface area contributed by atoms with Crippen molar-refractivity contribution in [2.24, 2.45) is 11.3 Å². The van der Waals surface area contributed by atoms with E-state index < -0.39 is 0 Å². The molecule has 0 nitrogen and oxygen atoms in total. The minimum atomic E-state index is 0.438. The lowest BCUT2D eigenvalue weighted by atomic mass is 9.61. The van der Waals surface area contributed by atoms with Gasteiger partial charge in [-0.2, -0.15) is 0 Å². The van der Waals surface area contributed by atoms with Crippen LogP contribution in [-0.4, -0.2) is 0 Å². The Balaban J connectivity index is 0.000000384. The van der Waals surface area contributed by atoms with Crippen LogP contribution in [0.2, 0.25) is 0 Å². The van der Waals surface area contributed by atoms with Crippen LogP contribution in [0.3, 0.4) is 0 Å². The van der Waals surface area contributed by atoms with Gasteiger partial charge in [0, 0.05) is 0 Å². The van der Waals surface area contributed by atoms with E-state index in [1.54, 1.807) is 0 Å². The molecule has 1 rings (SSSR count). The molecule has 0 amide bonds. The van der Waals surface area contributed by atoms with Crippen molar-refractivity contribution in [3.05, 3.63) is 13.8 Å². The Morgan fingerprint density at radius 1 is 0.857 bits per heavy atom. The molecule has 0 aromatic heterocycles. The van der Waals surface area contributed by atoms with Crippen molar-refractivity contribution < 1.29 is 0 Å². The lowest BCUT2D eigenvalue weighted by molar-refractivity contribution is 0.0914. The highest BCUT2D eigenvalue weighted by atomic mass is 14.4. The minimum absolute atomic E-state index is 0.438. The molecule has 0 heterocycles. The molecule has 1 fully saturated rings. The summed E-state index contributed by atoms with van der Waals surface area (Å²) in [4.78, 5) is 0. The van der Waals surface area contributed by atoms with E-state index in [0.29, 0.717) is 5.41 Å². The van der Waals surface area contributed by atoms with Gasteiger partial charge in [-0.1, -0.05) is 98.3 Å². The Kier molecular flexibility index (Phi) is 13.6. The second kappa shape index (κ2) is 13.6. The first-order chi connectivity index (χ1) is 10.1. The quantitative estimate of drug-likeness (QED) is 0.341. The van der Waals surface area contributed by atoms with Gasteiger partial charge in [-0.05, 0) is 37.5 Å². The normalized spacial score (nSPS) is 19.6. The van der Waals surface area contributed by atoms with Crippen LogP contribution in [0.4, 0.5) is 0 Å². The van der Waals surface area contributed by atoms with Crippen LogP contribution in [0.5, 0.6) is 0 Å². The van der Waals surface area contributed by atoms with Gasteiger partial charge in [0.05, 0.1) is 0 Å². The van der Waals surface area contributed by atoms with Crippen molar-refractivity contribution in [3.63, 3.8) is 0 Å². The molecule has 126 valence electrons. The summed E-state index contributed by atoms with van der Waals surface area (Å²) in [5.74, 6) is 0.939. The van der Waals surface area contributed by atoms with E-state index in [1.807, 2.05) is 0 Å². The van der Waals surface area contributed by atoms with Gasteiger partial charge < -0.3 is 0 Å². The molecule has 0 aliphatic heterocycles. The van der Waals surface area contributed by atoms with Gasteiger partial charge in [-0.15, -0.1) is 0 Å². The summed E-state index contributed by atoms with van der Waals surface area (Å²) in [6, 6.07) is 0. The SMILES string of the molecule is [CH2]C1(C)CCC1CCCCC.[CH2]CCCCCCCCC. The van der Waals surface area contributed by atoms with Gasteiger partial charge in [0.25, 0.3) is 0 Å². The average molecular weight is 295 g/mol. The summed E-state index contributed by atoms with van der Waals surface area (Å²) in [5.41, 5.74) is 0.438. The number of hydrogen-bond acceptors (Lipinski definition) is 0. The van der Waals surface area contributed by atoms with Crippen LogP contribution < -0.4 is 0 Å². The molecule has 2 unspecified atom stereocenters. The predicted octanol–water partition coefficient (Wildman–Crippen LogP) is 7.78. The van der Waals surface area contributed by atoms with Crippen LogP contribution >= 0.6 is 0 Å². The van der Waals surface area contributed by atoms with Crippen molar-refractivity contribution in [1.29, 1.82) is 0 Å². The molecule has 21 heavy (non-hydrogen) atoms. The van der Waals surface area contributed by atoms with Crippen molar-refractivity contribution >= 4 is 0 Å². The van der Waals surface area contributed by atoms with Crippen molar-refractivity contribution in [3.8, 4) is 0 Å². The number of unbranched alkanes of at least 4 members (excludes halogenated alkanes) is 9. The van der Waals surface area contributed by atoms with Gasteiger partial charge in [-0.3, -0.25) is 0 Å². The standard InChI is InChI=1S/C11H21.C10H21/c1-4-5-6-7-10-8-9-11(10,2)3;1-3-5-7-9-10-8-6-4-2/h10H,2,4-9H2,1,3H3;1,3-10H2,2H3. The molecular weight excluding hydrogens is 252 g/mol. The maximum Gasteiger partial charge on any atom is -0.0297 e. The van der Waals surface area contributed by atoms with Crippen molar-refractivity contribution in [2.75, 3.05) is 0 Å². The maximum atomic E-state index is 4.24. The highest BCUT2D eigenvalue weighted by molar-refractivity contribution is 4.93. The zero-order valence-electron chi connectivity index (χ0n) is 15.4. The monoisotopic (exact) mass is 294 g/mol. The second-order valence-corrected chi connectivity index (χ2v) is 7.36. The third-order valence-electron chi connectivity index (χ3n) is 5.06. The fourth-order valence-corrected chi connectivity index (χ4v) is 3.11. The topological polar surface area (TPSA) is 0 Å². The molecule has 1 aliphatic carbocycles. The molecule has 0 spiro atoms. The first-order valence-corrected chi connectivity index (χ1v) is 9.73. The van der Waals surface area contributed by atoms with E-state index >= 15 is 0 Å². The Bertz CT molecular complexity index is 196. The second-order valence-electron chi connectivity index (χ2n) is 7.36. The summed E-state index contributed by atoms with van der Waals surface area (Å²) < 4.78 is 0. The van der Waals surface area contributed by atoms with Crippen LogP contribution in [0.15, 0.2) is 0 Å². The van der Waals surface area contributed by atoms with E-state index in [1.165, 1.54) is 83.5 Å². The Hall–Kier alpha value is 0. The Morgan fingerprint density at radius 2 is 1.38 bits per heavy atom. The fraction of sp³-hybridized carbons (Fsp3) is 0.905. The van der Waals surface area contributed by atoms with Gasteiger partial charge in [-0.25, -0.2) is 0 Å². The summed E-state index contributed by atoms with van der Waals surface area (Å²) in [6.07, 6.45) is 19.3. The average Bonchev–Trinajstić information content (AvgIpc) is 2.47. The van der Waals surface area contributed by atoms with Gasteiger partial charge >= 0.3 is 0 Å². The first-order valence-electron chi connectivity index (χ1n) is 9.73. The van der Waals surface area contributed by atoms with Crippen LogP contribution in [0, 0.1) is 25.2 Å². The summed E-state index contributed by atoms with van der Waals surface area (Å²) in [7, 11) is 0. The van der Waals surface area contributed by atoms with E-state index in [-0.39, 0.29) is 0 Å². The molecule has 0 aromatic carbocycles. The zero-order chi connectivity index (χ0) is 16.0. The molecule has 0 N–H and O–H groups in total. The van der Waals surface area contributed by atoms with E-state index in [0.717, 1.165) is 12.3 Å². The highest BCUT2D eigenvalue weighted by Gasteiger charge is 2.37. The predicted molar refractivity (Wildman–Crippen MR) is 98.3 cm³/mol. The molecule has 0 heteroatoms. The van der Waals surface area contributed by atoms with Gasteiger partial charge in [0.15, 0.2) is 0 Å². The van der Waals surface area contributed by atoms with Crippen molar-refractivity contribution in [1.82, 2.24) is 0 Å². The molecule has 2 radical (unpaired) electrons. The summed E-state index contributed by atoms with van der Waals surface area (Å²) in [6.45, 7) is 14.9. The van der Waals surface area contributed by atoms with Gasteiger partial charge in [0.1, 0.15) is 0 Å². The maximum absolute atomic E-state index is 4.24. The molecule has 0 aromatic rings. The number of hydrogen-bond donors (Lipinski definition) is 0. The lowest BCUT2D eigenvalue weighted by Gasteiger charge is -2.44. The van der Waals surface area contributed by atoms with E-state index in [2.05, 4.69) is 34.6 Å². The summed E-state index contributed by atoms with van der Waals surface area (Å²) >= 11 is 0. The van der Waals surface area contributed by atoms with Gasteiger partial charge in [0.2, 0.25) is 0 Å². The fourth-order valence-electron chi connectivity index (χ4n) is 3.11. The highest BCUT2D eigenvalue weighted by Crippen LogP contribution is 2.47. The van der Waals surface area contributed by atoms with Crippen LogP contribution in [-0.2, 0) is 0 Å². The number of rotatable bonds is 11. The molecule has 0 bridgehead atoms. The van der Waals surface area contributed by atoms with E-state index in [4.69, 9.17) is 0 Å². The largest absolute Gasteiger partial charge is 0.0654 e. The van der Waals surface area contributed by atoms with Crippen LogP contribution in [0.1, 0.15) is 111 Å². The first kappa shape index (κ1) is 21.0. The van der Waals surface area contributed by atoms with Crippen molar-refractivity contribution in [2.45, 2.75) is 111 Å². The zero-order valence-corrected chi connectivity index (χ0v) is 15.4. The lowest BCUT2D eigenvalue weighted by Crippen LogP contribution is -2.34. The smallest absolute Gasteiger partial charge is 0.0297 e.